The molecule has 24 heavy (non-hydrogen) atoms. The second-order valence-corrected chi connectivity index (χ2v) is 6.87. The molecular weight excluding hydrogens is 300 g/mol. The monoisotopic (exact) mass is 326 g/mol. The van der Waals surface area contributed by atoms with Gasteiger partial charge in [-0.15, -0.1) is 0 Å². The van der Waals surface area contributed by atoms with Crippen molar-refractivity contribution < 1.29 is 4.79 Å². The van der Waals surface area contributed by atoms with Gasteiger partial charge in [0.2, 0.25) is 5.91 Å². The highest BCUT2D eigenvalue weighted by Gasteiger charge is 2.24. The van der Waals surface area contributed by atoms with E-state index in [0.29, 0.717) is 6.42 Å². The normalized spacial score (nSPS) is 18.0. The lowest BCUT2D eigenvalue weighted by Crippen LogP contribution is -2.38. The zero-order valence-electron chi connectivity index (χ0n) is 14.7. The molecule has 2 N–H and O–H groups in total. The molecule has 0 bridgehead atoms. The summed E-state index contributed by atoms with van der Waals surface area (Å²) in [6.07, 6.45) is 1.42. The van der Waals surface area contributed by atoms with Gasteiger partial charge in [0, 0.05) is 36.9 Å². The summed E-state index contributed by atoms with van der Waals surface area (Å²) in [6, 6.07) is 8.88. The molecule has 1 fully saturated rings. The van der Waals surface area contributed by atoms with Gasteiger partial charge in [-0.2, -0.15) is 5.10 Å². The largest absolute Gasteiger partial charge is 0.352 e. The van der Waals surface area contributed by atoms with Gasteiger partial charge in [0.25, 0.3) is 0 Å². The molecule has 1 atom stereocenters. The predicted octanol–water partition coefficient (Wildman–Crippen LogP) is 2.27. The summed E-state index contributed by atoms with van der Waals surface area (Å²) in [5.41, 5.74) is 5.54. The Morgan fingerprint density at radius 2 is 2.21 bits per heavy atom. The number of hydrogen-bond donors (Lipinski definition) is 2. The molecule has 2 heterocycles. The number of H-pyrrole nitrogens is 1. The highest BCUT2D eigenvalue weighted by atomic mass is 16.1. The third-order valence-corrected chi connectivity index (χ3v) is 4.74. The number of hydrogen-bond acceptors (Lipinski definition) is 3. The second kappa shape index (κ2) is 7.18. The minimum atomic E-state index is 0.0880. The topological polar surface area (TPSA) is 61.0 Å². The Morgan fingerprint density at radius 3 is 2.92 bits per heavy atom. The van der Waals surface area contributed by atoms with E-state index in [-0.39, 0.29) is 11.9 Å². The van der Waals surface area contributed by atoms with E-state index in [1.807, 2.05) is 13.8 Å². The van der Waals surface area contributed by atoms with Crippen molar-refractivity contribution in [1.82, 2.24) is 20.4 Å². The van der Waals surface area contributed by atoms with Crippen LogP contribution in [0.2, 0.25) is 0 Å². The van der Waals surface area contributed by atoms with Crippen molar-refractivity contribution in [1.29, 1.82) is 0 Å². The summed E-state index contributed by atoms with van der Waals surface area (Å²) in [5.74, 6) is 0.0880. The molecule has 3 rings (SSSR count). The number of aromatic amines is 1. The minimum Gasteiger partial charge on any atom is -0.352 e. The zero-order valence-corrected chi connectivity index (χ0v) is 14.7. The number of benzene rings is 1. The van der Waals surface area contributed by atoms with Crippen LogP contribution in [-0.2, 0) is 17.8 Å². The number of nitrogens with one attached hydrogen (secondary N) is 2. The maximum absolute atomic E-state index is 12.3. The highest BCUT2D eigenvalue weighted by Crippen LogP contribution is 2.15. The molecule has 128 valence electrons. The summed E-state index contributed by atoms with van der Waals surface area (Å²) in [7, 11) is 0. The maximum Gasteiger partial charge on any atom is 0.224 e. The molecule has 1 aliphatic heterocycles. The summed E-state index contributed by atoms with van der Waals surface area (Å²) < 4.78 is 0. The van der Waals surface area contributed by atoms with Gasteiger partial charge < -0.3 is 5.32 Å². The van der Waals surface area contributed by atoms with Gasteiger partial charge in [0.05, 0.1) is 12.1 Å². The molecule has 0 radical (unpaired) electrons. The Bertz CT molecular complexity index is 702. The molecule has 0 aliphatic carbocycles. The average molecular weight is 326 g/mol. The number of carbonyl (C=O) groups is 1. The summed E-state index contributed by atoms with van der Waals surface area (Å²) in [6.45, 7) is 8.92. The number of likely N-dealkylation sites (tertiary alicyclic amines) is 1. The Morgan fingerprint density at radius 1 is 1.38 bits per heavy atom. The molecule has 0 spiro atoms. The quantitative estimate of drug-likeness (QED) is 0.886. The fraction of sp³-hybridized carbons (Fsp3) is 0.474. The van der Waals surface area contributed by atoms with Gasteiger partial charge in [0.15, 0.2) is 0 Å². The number of carbonyl (C=O) groups excluding carboxylic acids is 1. The van der Waals surface area contributed by atoms with Gasteiger partial charge in [-0.05, 0) is 32.8 Å². The molecule has 0 saturated carbocycles. The fourth-order valence-electron chi connectivity index (χ4n) is 3.44. The fourth-order valence-corrected chi connectivity index (χ4v) is 3.44. The van der Waals surface area contributed by atoms with Crippen molar-refractivity contribution in [2.24, 2.45) is 0 Å². The molecule has 1 aromatic carbocycles. The molecule has 1 unspecified atom stereocenters. The van der Waals surface area contributed by atoms with Crippen LogP contribution in [-0.4, -0.2) is 40.1 Å². The van der Waals surface area contributed by atoms with Crippen molar-refractivity contribution >= 4 is 5.91 Å². The van der Waals surface area contributed by atoms with Crippen molar-refractivity contribution in [3.8, 4) is 0 Å². The van der Waals surface area contributed by atoms with Crippen LogP contribution in [0.15, 0.2) is 24.3 Å². The Labute approximate surface area is 143 Å². The molecule has 5 heteroatoms. The van der Waals surface area contributed by atoms with Crippen LogP contribution >= 0.6 is 0 Å². The molecule has 1 aliphatic rings. The number of aryl methyl sites for hydroxylation is 3. The number of rotatable bonds is 5. The van der Waals surface area contributed by atoms with E-state index in [0.717, 1.165) is 43.0 Å². The van der Waals surface area contributed by atoms with Gasteiger partial charge in [-0.1, -0.05) is 29.8 Å². The van der Waals surface area contributed by atoms with Gasteiger partial charge in [-0.25, -0.2) is 0 Å². The lowest BCUT2D eigenvalue weighted by molar-refractivity contribution is -0.121. The first-order valence-corrected chi connectivity index (χ1v) is 8.59. The van der Waals surface area contributed by atoms with Crippen LogP contribution in [0.4, 0.5) is 0 Å². The zero-order chi connectivity index (χ0) is 17.1. The van der Waals surface area contributed by atoms with Crippen LogP contribution < -0.4 is 5.32 Å². The molecular formula is C19H26N4O. The first kappa shape index (κ1) is 16.7. The van der Waals surface area contributed by atoms with Crippen molar-refractivity contribution in [2.75, 3.05) is 13.1 Å². The van der Waals surface area contributed by atoms with E-state index in [1.165, 1.54) is 11.1 Å². The van der Waals surface area contributed by atoms with Crippen LogP contribution in [0.25, 0.3) is 0 Å². The first-order valence-electron chi connectivity index (χ1n) is 8.59. The third kappa shape index (κ3) is 4.03. The van der Waals surface area contributed by atoms with Crippen molar-refractivity contribution in [3.05, 3.63) is 52.3 Å². The second-order valence-electron chi connectivity index (χ2n) is 6.87. The van der Waals surface area contributed by atoms with Gasteiger partial charge in [-0.3, -0.25) is 14.8 Å². The van der Waals surface area contributed by atoms with Crippen LogP contribution in [0.3, 0.4) is 0 Å². The summed E-state index contributed by atoms with van der Waals surface area (Å²) in [4.78, 5) is 14.7. The van der Waals surface area contributed by atoms with E-state index in [2.05, 4.69) is 51.6 Å². The van der Waals surface area contributed by atoms with Crippen molar-refractivity contribution in [2.45, 2.75) is 46.2 Å². The van der Waals surface area contributed by atoms with E-state index in [1.54, 1.807) is 0 Å². The van der Waals surface area contributed by atoms with E-state index >= 15 is 0 Å². The van der Waals surface area contributed by atoms with Gasteiger partial charge >= 0.3 is 0 Å². The lowest BCUT2D eigenvalue weighted by Gasteiger charge is -2.17. The Kier molecular flexibility index (Phi) is 5.00. The average Bonchev–Trinajstić information content (AvgIpc) is 3.08. The van der Waals surface area contributed by atoms with Crippen LogP contribution in [0, 0.1) is 20.8 Å². The highest BCUT2D eigenvalue weighted by molar-refractivity contribution is 5.79. The summed E-state index contributed by atoms with van der Waals surface area (Å²) >= 11 is 0. The molecule has 5 nitrogen and oxygen atoms in total. The van der Waals surface area contributed by atoms with E-state index < -0.39 is 0 Å². The van der Waals surface area contributed by atoms with E-state index in [9.17, 15) is 4.79 Å². The predicted molar refractivity (Wildman–Crippen MR) is 94.8 cm³/mol. The summed E-state index contributed by atoms with van der Waals surface area (Å²) in [5, 5.41) is 10.3. The number of amides is 1. The minimum absolute atomic E-state index is 0.0880. The van der Waals surface area contributed by atoms with Crippen LogP contribution in [0.5, 0.6) is 0 Å². The first-order chi connectivity index (χ1) is 11.5. The standard InChI is InChI=1S/C19H26N4O/c1-13-5-4-6-16(9-13)11-23-8-7-17(12-23)20-19(24)10-18-14(2)21-22-15(18)3/h4-6,9,17H,7-8,10-12H2,1-3H3,(H,20,24)(H,21,22). The Balaban J connectivity index is 1.50. The number of aromatic nitrogens is 2. The molecule has 1 aromatic heterocycles. The smallest absolute Gasteiger partial charge is 0.224 e. The molecule has 1 amide bonds. The SMILES string of the molecule is Cc1cccc(CN2CCC(NC(=O)Cc3c(C)n[nH]c3C)C2)c1. The van der Waals surface area contributed by atoms with E-state index in [4.69, 9.17) is 0 Å². The van der Waals surface area contributed by atoms with Crippen molar-refractivity contribution in [3.63, 3.8) is 0 Å². The molecule has 2 aromatic rings. The third-order valence-electron chi connectivity index (χ3n) is 4.74. The lowest BCUT2D eigenvalue weighted by atomic mass is 10.1. The van der Waals surface area contributed by atoms with Gasteiger partial charge in [0.1, 0.15) is 0 Å². The Hall–Kier alpha value is -2.14. The van der Waals surface area contributed by atoms with Crippen LogP contribution in [0.1, 0.15) is 34.5 Å². The molecule has 1 saturated heterocycles. The number of nitrogens with zero attached hydrogens (tertiary/aromatic N) is 2. The maximum atomic E-state index is 12.3.